The predicted molar refractivity (Wildman–Crippen MR) is 93.8 cm³/mol. The van der Waals surface area contributed by atoms with Crippen LogP contribution in [0.1, 0.15) is 71.1 Å². The molecule has 1 aliphatic heterocycles. The average molecular weight is 344 g/mol. The first-order chi connectivity index (χ1) is 12.0. The molecule has 0 aromatic heterocycles. The number of epoxide rings is 1. The Morgan fingerprint density at radius 2 is 1.92 bits per heavy atom. The minimum atomic E-state index is -0.0552. The maximum atomic E-state index is 12.8. The number of hydrogen-bond donors (Lipinski definition) is 1. The fourth-order valence-electron chi connectivity index (χ4n) is 8.99. The van der Waals surface area contributed by atoms with Gasteiger partial charge in [0.2, 0.25) is 0 Å². The van der Waals surface area contributed by atoms with Gasteiger partial charge in [0.05, 0.1) is 12.2 Å². The fourth-order valence-corrected chi connectivity index (χ4v) is 8.99. The lowest BCUT2D eigenvalue weighted by molar-refractivity contribution is -0.146. The third-order valence-electron chi connectivity index (χ3n) is 10.1. The second kappa shape index (κ2) is 4.90. The molecule has 0 radical (unpaired) electrons. The molecule has 10 atom stereocenters. The molecule has 6 fully saturated rings. The summed E-state index contributed by atoms with van der Waals surface area (Å²) in [4.78, 5) is 12.8. The Labute approximate surface area is 150 Å². The fraction of sp³-hybridized carbons (Fsp3) is 0.955. The molecule has 6 aliphatic rings. The van der Waals surface area contributed by atoms with Crippen LogP contribution in [0, 0.1) is 40.4 Å². The number of aliphatic hydroxyl groups excluding tert-OH is 1. The highest BCUT2D eigenvalue weighted by Crippen LogP contribution is 2.70. The number of carbonyl (C=O) groups is 1. The van der Waals surface area contributed by atoms with Crippen molar-refractivity contribution in [3.8, 4) is 0 Å². The van der Waals surface area contributed by atoms with Crippen LogP contribution in [0.2, 0.25) is 0 Å². The van der Waals surface area contributed by atoms with Crippen LogP contribution in [0.25, 0.3) is 0 Å². The van der Waals surface area contributed by atoms with Crippen molar-refractivity contribution in [1.29, 1.82) is 0 Å². The first-order valence-electron chi connectivity index (χ1n) is 10.9. The van der Waals surface area contributed by atoms with Crippen molar-refractivity contribution in [3.63, 3.8) is 0 Å². The molecule has 3 heteroatoms. The van der Waals surface area contributed by atoms with Crippen LogP contribution in [-0.4, -0.2) is 29.2 Å². The molecule has 1 heterocycles. The maximum Gasteiger partial charge on any atom is 0.167 e. The Morgan fingerprint density at radius 3 is 2.80 bits per heavy atom. The number of ether oxygens (including phenoxy) is 1. The van der Waals surface area contributed by atoms with Gasteiger partial charge in [-0.2, -0.15) is 0 Å². The van der Waals surface area contributed by atoms with Gasteiger partial charge in [0.15, 0.2) is 5.78 Å². The highest BCUT2D eigenvalue weighted by atomic mass is 16.6. The molecule has 1 N–H and O–H groups in total. The standard InChI is InChI=1S/C22H32O3/c1-21-8-6-13(23)10-12(21)2-3-14-15(21)7-9-22-11-18-20(25-18)19(24)17(22)5-4-16(14)22/h12-18,20,23H,2-11H2,1H3/t12-,13+,14+,15-,16-,17+,18-,20-,21-,22+/m0/s1. The van der Waals surface area contributed by atoms with Gasteiger partial charge in [-0.1, -0.05) is 6.92 Å². The second-order valence-electron chi connectivity index (χ2n) is 10.7. The van der Waals surface area contributed by atoms with Gasteiger partial charge < -0.3 is 9.84 Å². The molecule has 0 amide bonds. The zero-order chi connectivity index (χ0) is 17.0. The van der Waals surface area contributed by atoms with E-state index in [-0.39, 0.29) is 18.3 Å². The smallest absolute Gasteiger partial charge is 0.167 e. The summed E-state index contributed by atoms with van der Waals surface area (Å²) < 4.78 is 5.75. The van der Waals surface area contributed by atoms with E-state index in [0.717, 1.165) is 42.9 Å². The number of aliphatic hydroxyl groups is 1. The van der Waals surface area contributed by atoms with Crippen LogP contribution < -0.4 is 0 Å². The van der Waals surface area contributed by atoms with E-state index in [2.05, 4.69) is 6.92 Å². The highest BCUT2D eigenvalue weighted by Gasteiger charge is 2.69. The number of rotatable bonds is 0. The largest absolute Gasteiger partial charge is 0.393 e. The molecular formula is C22H32O3. The van der Waals surface area contributed by atoms with Crippen molar-refractivity contribution in [2.75, 3.05) is 0 Å². The van der Waals surface area contributed by atoms with Crippen molar-refractivity contribution in [3.05, 3.63) is 0 Å². The summed E-state index contributed by atoms with van der Waals surface area (Å²) in [6.45, 7) is 2.55. The Morgan fingerprint density at radius 1 is 1.04 bits per heavy atom. The van der Waals surface area contributed by atoms with E-state index in [1.54, 1.807) is 0 Å². The number of ketones is 1. The van der Waals surface area contributed by atoms with E-state index in [0.29, 0.717) is 22.5 Å². The summed E-state index contributed by atoms with van der Waals surface area (Å²) in [5.74, 6) is 3.96. The van der Waals surface area contributed by atoms with Crippen LogP contribution in [0.5, 0.6) is 0 Å². The molecule has 0 unspecified atom stereocenters. The molecule has 3 nitrogen and oxygen atoms in total. The minimum Gasteiger partial charge on any atom is -0.393 e. The summed E-state index contributed by atoms with van der Waals surface area (Å²) in [5, 5.41) is 10.2. The van der Waals surface area contributed by atoms with Crippen LogP contribution in [-0.2, 0) is 9.53 Å². The van der Waals surface area contributed by atoms with E-state index < -0.39 is 0 Å². The van der Waals surface area contributed by atoms with Gasteiger partial charge in [0, 0.05) is 5.92 Å². The van der Waals surface area contributed by atoms with Crippen LogP contribution >= 0.6 is 0 Å². The molecule has 1 spiro atoms. The lowest BCUT2D eigenvalue weighted by Crippen LogP contribution is -2.56. The van der Waals surface area contributed by atoms with Crippen molar-refractivity contribution in [1.82, 2.24) is 0 Å². The van der Waals surface area contributed by atoms with Crippen LogP contribution in [0.4, 0.5) is 0 Å². The molecule has 25 heavy (non-hydrogen) atoms. The summed E-state index contributed by atoms with van der Waals surface area (Å²) in [5.41, 5.74) is 0.742. The molecular weight excluding hydrogens is 312 g/mol. The maximum absolute atomic E-state index is 12.8. The topological polar surface area (TPSA) is 49.8 Å². The molecule has 138 valence electrons. The van der Waals surface area contributed by atoms with Gasteiger partial charge in [-0.25, -0.2) is 0 Å². The number of carbonyl (C=O) groups excluding carboxylic acids is 1. The van der Waals surface area contributed by atoms with Crippen LogP contribution in [0.15, 0.2) is 0 Å². The van der Waals surface area contributed by atoms with Crippen molar-refractivity contribution in [2.45, 2.75) is 89.4 Å². The lowest BCUT2D eigenvalue weighted by Gasteiger charge is -2.61. The Balaban J connectivity index is 1.33. The second-order valence-corrected chi connectivity index (χ2v) is 10.7. The molecule has 0 aromatic carbocycles. The van der Waals surface area contributed by atoms with Gasteiger partial charge in [-0.15, -0.1) is 0 Å². The quantitative estimate of drug-likeness (QED) is 0.681. The van der Waals surface area contributed by atoms with E-state index in [9.17, 15) is 9.90 Å². The van der Waals surface area contributed by atoms with E-state index in [1.165, 1.54) is 44.9 Å². The zero-order valence-corrected chi connectivity index (χ0v) is 15.5. The van der Waals surface area contributed by atoms with Crippen molar-refractivity contribution >= 4 is 5.78 Å². The van der Waals surface area contributed by atoms with Gasteiger partial charge in [-0.05, 0) is 98.7 Å². The predicted octanol–water partition coefficient (Wildman–Crippen LogP) is 3.73. The monoisotopic (exact) mass is 344 g/mol. The number of fused-ring (bicyclic) bond motifs is 5. The average Bonchev–Trinajstić information content (AvgIpc) is 3.25. The zero-order valence-electron chi connectivity index (χ0n) is 15.5. The van der Waals surface area contributed by atoms with E-state index in [4.69, 9.17) is 4.74 Å². The van der Waals surface area contributed by atoms with Crippen molar-refractivity contribution in [2.24, 2.45) is 40.4 Å². The first kappa shape index (κ1) is 15.6. The molecule has 0 aromatic rings. The molecule has 6 rings (SSSR count). The summed E-state index contributed by atoms with van der Waals surface area (Å²) in [7, 11) is 0. The number of hydrogen-bond acceptors (Lipinski definition) is 3. The SMILES string of the molecule is C[C@]12CC[C@@H](O)C[C@@H]1CC[C@@H]1[C@@H]2CC[C@]23C[C@@H]4O[C@@H]4C(=O)[C@H]2CC[C@@H]13. The third kappa shape index (κ3) is 1.87. The lowest BCUT2D eigenvalue weighted by atomic mass is 9.43. The van der Waals surface area contributed by atoms with Gasteiger partial charge in [0.1, 0.15) is 6.10 Å². The molecule has 1 saturated heterocycles. The minimum absolute atomic E-state index is 0.0137. The van der Waals surface area contributed by atoms with Gasteiger partial charge in [-0.3, -0.25) is 4.79 Å². The summed E-state index contributed by atoms with van der Waals surface area (Å²) in [6.07, 6.45) is 12.3. The Kier molecular flexibility index (Phi) is 3.06. The van der Waals surface area contributed by atoms with E-state index >= 15 is 0 Å². The van der Waals surface area contributed by atoms with Gasteiger partial charge in [0.25, 0.3) is 0 Å². The van der Waals surface area contributed by atoms with Crippen molar-refractivity contribution < 1.29 is 14.6 Å². The van der Waals surface area contributed by atoms with Crippen LogP contribution in [0.3, 0.4) is 0 Å². The summed E-state index contributed by atoms with van der Waals surface area (Å²) >= 11 is 0. The molecule has 0 bridgehead atoms. The van der Waals surface area contributed by atoms with E-state index in [1.807, 2.05) is 0 Å². The Bertz CT molecular complexity index is 616. The first-order valence-corrected chi connectivity index (χ1v) is 10.9. The summed E-state index contributed by atoms with van der Waals surface area (Å²) in [6, 6.07) is 0. The van der Waals surface area contributed by atoms with Gasteiger partial charge >= 0.3 is 0 Å². The molecule has 5 saturated carbocycles. The highest BCUT2D eigenvalue weighted by molar-refractivity contribution is 5.90. The third-order valence-corrected chi connectivity index (χ3v) is 10.1. The Hall–Kier alpha value is -0.410. The normalized spacial score (nSPS) is 62.2. The number of Topliss-reactive ketones (excluding diaryl/α,β-unsaturated/α-hetero) is 1. The molecule has 5 aliphatic carbocycles.